The summed E-state index contributed by atoms with van der Waals surface area (Å²) in [7, 11) is -3.63. The van der Waals surface area contributed by atoms with Gasteiger partial charge >= 0.3 is 0 Å². The summed E-state index contributed by atoms with van der Waals surface area (Å²) >= 11 is 1.49. The van der Waals surface area contributed by atoms with Gasteiger partial charge in [0.25, 0.3) is 5.91 Å². The van der Waals surface area contributed by atoms with Crippen LogP contribution < -0.4 is 4.72 Å². The third-order valence-electron chi connectivity index (χ3n) is 2.37. The molecule has 0 spiro atoms. The van der Waals surface area contributed by atoms with Crippen LogP contribution in [0.15, 0.2) is 42.0 Å². The molecule has 2 aromatic heterocycles. The van der Waals surface area contributed by atoms with E-state index >= 15 is 0 Å². The van der Waals surface area contributed by atoms with E-state index in [0.717, 1.165) is 4.88 Å². The van der Waals surface area contributed by atoms with Gasteiger partial charge in [-0.2, -0.15) is 0 Å². The maximum absolute atomic E-state index is 11.8. The third-order valence-corrected chi connectivity index (χ3v) is 4.54. The van der Waals surface area contributed by atoms with Crippen molar-refractivity contribution in [2.75, 3.05) is 5.75 Å². The minimum Gasteiger partial charge on any atom is -0.268 e. The van der Waals surface area contributed by atoms with Gasteiger partial charge in [0.05, 0.1) is 11.3 Å². The van der Waals surface area contributed by atoms with Gasteiger partial charge in [0.1, 0.15) is 0 Å². The Kier molecular flexibility index (Phi) is 4.28. The maximum atomic E-state index is 11.8. The van der Waals surface area contributed by atoms with Crippen LogP contribution in [0.4, 0.5) is 0 Å². The maximum Gasteiger partial charge on any atom is 0.266 e. The van der Waals surface area contributed by atoms with Crippen LogP contribution in [0, 0.1) is 0 Å². The molecule has 7 heteroatoms. The number of nitrogens with one attached hydrogen (secondary N) is 1. The average Bonchev–Trinajstić information content (AvgIpc) is 2.90. The van der Waals surface area contributed by atoms with Gasteiger partial charge in [0.15, 0.2) is 0 Å². The topological polar surface area (TPSA) is 76.1 Å². The second-order valence-electron chi connectivity index (χ2n) is 3.82. The normalized spacial score (nSPS) is 11.2. The molecule has 2 aromatic rings. The predicted octanol–water partition coefficient (Wildman–Crippen LogP) is 1.45. The SMILES string of the molecule is O=C(NS(=O)(=O)CCc1cccs1)c1cccnc1. The highest BCUT2D eigenvalue weighted by Gasteiger charge is 2.16. The van der Waals surface area contributed by atoms with Gasteiger partial charge < -0.3 is 0 Å². The first-order valence-corrected chi connectivity index (χ1v) is 8.07. The molecule has 0 aromatic carbocycles. The van der Waals surface area contributed by atoms with Crippen molar-refractivity contribution >= 4 is 27.3 Å². The molecule has 100 valence electrons. The molecular formula is C12H12N2O3S2. The molecule has 0 radical (unpaired) electrons. The second kappa shape index (κ2) is 5.94. The van der Waals surface area contributed by atoms with Crippen LogP contribution >= 0.6 is 11.3 Å². The average molecular weight is 296 g/mol. The van der Waals surface area contributed by atoms with E-state index in [1.807, 2.05) is 22.2 Å². The first-order chi connectivity index (χ1) is 9.07. The molecule has 0 unspecified atom stereocenters. The molecule has 0 saturated carbocycles. The number of aryl methyl sites for hydroxylation is 1. The lowest BCUT2D eigenvalue weighted by atomic mass is 10.3. The summed E-state index contributed by atoms with van der Waals surface area (Å²) in [4.78, 5) is 16.4. The highest BCUT2D eigenvalue weighted by molar-refractivity contribution is 7.90. The number of pyridine rings is 1. The van der Waals surface area contributed by atoms with Crippen LogP contribution in [-0.2, 0) is 16.4 Å². The highest BCUT2D eigenvalue weighted by atomic mass is 32.2. The van der Waals surface area contributed by atoms with Crippen LogP contribution in [0.2, 0.25) is 0 Å². The van der Waals surface area contributed by atoms with Gasteiger partial charge in [0.2, 0.25) is 10.0 Å². The largest absolute Gasteiger partial charge is 0.268 e. The van der Waals surface area contributed by atoms with Crippen molar-refractivity contribution in [3.63, 3.8) is 0 Å². The lowest BCUT2D eigenvalue weighted by molar-refractivity contribution is 0.0981. The molecule has 0 aliphatic rings. The molecule has 5 nitrogen and oxygen atoms in total. The van der Waals surface area contributed by atoms with Crippen LogP contribution in [0.3, 0.4) is 0 Å². The summed E-state index contributed by atoms with van der Waals surface area (Å²) in [5.74, 6) is -0.765. The number of carbonyl (C=O) groups excluding carboxylic acids is 1. The third kappa shape index (κ3) is 4.15. The summed E-state index contributed by atoms with van der Waals surface area (Å²) in [5, 5.41) is 1.89. The minimum atomic E-state index is -3.63. The lowest BCUT2D eigenvalue weighted by Gasteiger charge is -2.05. The van der Waals surface area contributed by atoms with Gasteiger partial charge in [-0.05, 0) is 30.0 Å². The standard InChI is InChI=1S/C12H12N2O3S2/c15-12(10-3-1-6-13-9-10)14-19(16,17)8-5-11-4-2-7-18-11/h1-4,6-7,9H,5,8H2,(H,14,15). The Morgan fingerprint density at radius 2 is 2.16 bits per heavy atom. The van der Waals surface area contributed by atoms with Crippen LogP contribution in [0.1, 0.15) is 15.2 Å². The molecule has 1 amide bonds. The highest BCUT2D eigenvalue weighted by Crippen LogP contribution is 2.10. The number of carbonyl (C=O) groups is 1. The Labute approximate surface area is 115 Å². The van der Waals surface area contributed by atoms with E-state index in [0.29, 0.717) is 6.42 Å². The van der Waals surface area contributed by atoms with Gasteiger partial charge in [-0.1, -0.05) is 6.07 Å². The predicted molar refractivity (Wildman–Crippen MR) is 73.5 cm³/mol. The number of thiophene rings is 1. The number of rotatable bonds is 5. The van der Waals surface area contributed by atoms with Crippen molar-refractivity contribution in [3.8, 4) is 0 Å². The summed E-state index contributed by atoms with van der Waals surface area (Å²) in [6, 6.07) is 6.81. The fourth-order valence-electron chi connectivity index (χ4n) is 1.44. The van der Waals surface area contributed by atoms with Crippen molar-refractivity contribution < 1.29 is 13.2 Å². The Balaban J connectivity index is 1.96. The number of hydrogen-bond acceptors (Lipinski definition) is 5. The molecule has 1 N–H and O–H groups in total. The molecule has 0 atom stereocenters. The molecule has 0 aliphatic heterocycles. The van der Waals surface area contributed by atoms with Gasteiger partial charge in [-0.15, -0.1) is 11.3 Å². The zero-order valence-corrected chi connectivity index (χ0v) is 11.6. The minimum absolute atomic E-state index is 0.112. The number of nitrogens with zero attached hydrogens (tertiary/aromatic N) is 1. The Morgan fingerprint density at radius 1 is 1.32 bits per heavy atom. The summed E-state index contributed by atoms with van der Waals surface area (Å²) in [6.07, 6.45) is 3.24. The number of hydrogen-bond donors (Lipinski definition) is 1. The van der Waals surface area contributed by atoms with Crippen molar-refractivity contribution in [1.82, 2.24) is 9.71 Å². The Bertz CT molecular complexity index is 637. The Morgan fingerprint density at radius 3 is 2.79 bits per heavy atom. The molecule has 2 rings (SSSR count). The Hall–Kier alpha value is -1.73. The van der Waals surface area contributed by atoms with E-state index in [1.165, 1.54) is 29.8 Å². The molecule has 0 bridgehead atoms. The molecule has 2 heterocycles. The van der Waals surface area contributed by atoms with Gasteiger partial charge in [0, 0.05) is 17.3 Å². The van der Waals surface area contributed by atoms with Crippen molar-refractivity contribution in [2.24, 2.45) is 0 Å². The van der Waals surface area contributed by atoms with E-state index in [4.69, 9.17) is 0 Å². The fraction of sp³-hybridized carbons (Fsp3) is 0.167. The lowest BCUT2D eigenvalue weighted by Crippen LogP contribution is -2.33. The van der Waals surface area contributed by atoms with Gasteiger partial charge in [-0.25, -0.2) is 13.1 Å². The van der Waals surface area contributed by atoms with E-state index in [2.05, 4.69) is 4.98 Å². The smallest absolute Gasteiger partial charge is 0.266 e. The van der Waals surface area contributed by atoms with Gasteiger partial charge in [-0.3, -0.25) is 9.78 Å². The summed E-state index contributed by atoms with van der Waals surface area (Å²) in [6.45, 7) is 0. The zero-order valence-electron chi connectivity index (χ0n) is 9.94. The van der Waals surface area contributed by atoms with Crippen molar-refractivity contribution in [2.45, 2.75) is 6.42 Å². The van der Waals surface area contributed by atoms with E-state index in [1.54, 1.807) is 6.07 Å². The molecular weight excluding hydrogens is 284 g/mol. The number of sulfonamides is 1. The van der Waals surface area contributed by atoms with Crippen LogP contribution in [0.5, 0.6) is 0 Å². The van der Waals surface area contributed by atoms with Crippen molar-refractivity contribution in [3.05, 3.63) is 52.5 Å². The molecule has 0 fully saturated rings. The number of amides is 1. The van der Waals surface area contributed by atoms with E-state index < -0.39 is 15.9 Å². The van der Waals surface area contributed by atoms with E-state index in [-0.39, 0.29) is 11.3 Å². The van der Waals surface area contributed by atoms with Crippen LogP contribution in [-0.4, -0.2) is 25.1 Å². The van der Waals surface area contributed by atoms with Crippen LogP contribution in [0.25, 0.3) is 0 Å². The molecule has 19 heavy (non-hydrogen) atoms. The molecule has 0 saturated heterocycles. The monoisotopic (exact) mass is 296 g/mol. The first kappa shape index (κ1) is 13.7. The zero-order chi connectivity index (χ0) is 13.7. The van der Waals surface area contributed by atoms with E-state index in [9.17, 15) is 13.2 Å². The fourth-order valence-corrected chi connectivity index (χ4v) is 3.27. The summed E-state index contributed by atoms with van der Waals surface area (Å²) in [5.41, 5.74) is 0.224. The number of aromatic nitrogens is 1. The quantitative estimate of drug-likeness (QED) is 0.906. The van der Waals surface area contributed by atoms with Crippen molar-refractivity contribution in [1.29, 1.82) is 0 Å². The second-order valence-corrected chi connectivity index (χ2v) is 6.70. The molecule has 0 aliphatic carbocycles. The summed E-state index contributed by atoms with van der Waals surface area (Å²) < 4.78 is 25.6. The first-order valence-electron chi connectivity index (χ1n) is 5.54.